The molecule has 1 radical (unpaired) electrons. The van der Waals surface area contributed by atoms with Crippen molar-refractivity contribution < 1.29 is 8.78 Å². The van der Waals surface area contributed by atoms with Gasteiger partial charge in [-0.25, -0.2) is 8.78 Å². The maximum Gasteiger partial charge on any atom is 0.131 e. The van der Waals surface area contributed by atoms with Crippen molar-refractivity contribution in [2.75, 3.05) is 0 Å². The Hall–Kier alpha value is -1.44. The summed E-state index contributed by atoms with van der Waals surface area (Å²) in [6.07, 6.45) is 0. The summed E-state index contributed by atoms with van der Waals surface area (Å²) in [4.78, 5) is 0. The van der Waals surface area contributed by atoms with Gasteiger partial charge in [0.1, 0.15) is 11.6 Å². The molecule has 2 aromatic carbocycles. The molecule has 0 atom stereocenters. The van der Waals surface area contributed by atoms with Crippen LogP contribution in [-0.4, -0.2) is 0 Å². The van der Waals surface area contributed by atoms with E-state index in [4.69, 9.17) is 0 Å². The molecule has 0 aromatic heterocycles. The molecule has 0 fully saturated rings. The number of hydrogen-bond acceptors (Lipinski definition) is 0. The van der Waals surface area contributed by atoms with Gasteiger partial charge < -0.3 is 0 Å². The molecule has 2 rings (SSSR count). The molecule has 0 aliphatic rings. The maximum absolute atomic E-state index is 12.6. The highest BCUT2D eigenvalue weighted by Crippen LogP contribution is 2.15. The molecule has 2 aromatic rings. The van der Waals surface area contributed by atoms with E-state index in [1.807, 2.05) is 0 Å². The van der Waals surface area contributed by atoms with Gasteiger partial charge in [0.25, 0.3) is 0 Å². The topological polar surface area (TPSA) is 0 Å². The van der Waals surface area contributed by atoms with Gasteiger partial charge in [-0.3, -0.25) is 0 Å². The number of halogens is 2. The van der Waals surface area contributed by atoms with Crippen LogP contribution in [0.15, 0.2) is 30.3 Å². The zero-order chi connectivity index (χ0) is 8.55. The van der Waals surface area contributed by atoms with Crippen LogP contribution in [0.1, 0.15) is 0 Å². The number of rotatable bonds is 0. The van der Waals surface area contributed by atoms with Crippen molar-refractivity contribution in [3.63, 3.8) is 0 Å². The lowest BCUT2D eigenvalue weighted by Gasteiger charge is -1.95. The van der Waals surface area contributed by atoms with Crippen LogP contribution in [-0.2, 0) is 0 Å². The van der Waals surface area contributed by atoms with Gasteiger partial charge >= 0.3 is 0 Å². The standard InChI is InChI=1S/C10H5F2/c11-9-3-1-7-2-4-10(12)6-8(7)5-9/h1-5H. The van der Waals surface area contributed by atoms with Crippen LogP contribution in [0, 0.1) is 17.7 Å². The second-order valence-corrected chi connectivity index (χ2v) is 2.54. The van der Waals surface area contributed by atoms with Crippen molar-refractivity contribution in [3.05, 3.63) is 48.0 Å². The van der Waals surface area contributed by atoms with Gasteiger partial charge in [-0.2, -0.15) is 0 Å². The van der Waals surface area contributed by atoms with Crippen LogP contribution in [0.3, 0.4) is 0 Å². The summed E-state index contributed by atoms with van der Waals surface area (Å²) in [5.74, 6) is -0.836. The largest absolute Gasteiger partial charge is 0.207 e. The van der Waals surface area contributed by atoms with Crippen molar-refractivity contribution in [3.8, 4) is 0 Å². The highest BCUT2D eigenvalue weighted by molar-refractivity contribution is 5.81. The molecule has 0 aliphatic carbocycles. The lowest BCUT2D eigenvalue weighted by atomic mass is 10.1. The predicted molar refractivity (Wildman–Crippen MR) is 42.7 cm³/mol. The zero-order valence-electron chi connectivity index (χ0n) is 6.14. The van der Waals surface area contributed by atoms with E-state index >= 15 is 0 Å². The minimum absolute atomic E-state index is 0.371. The van der Waals surface area contributed by atoms with Crippen LogP contribution in [0.25, 0.3) is 10.8 Å². The number of hydrogen-bond donors (Lipinski definition) is 0. The second kappa shape index (κ2) is 2.55. The smallest absolute Gasteiger partial charge is 0.131 e. The Morgan fingerprint density at radius 1 is 1.00 bits per heavy atom. The quantitative estimate of drug-likeness (QED) is 0.560. The van der Waals surface area contributed by atoms with Crippen LogP contribution in [0.5, 0.6) is 0 Å². The maximum atomic E-state index is 12.6. The molecule has 0 N–H and O–H groups in total. The monoisotopic (exact) mass is 163 g/mol. The van der Waals surface area contributed by atoms with E-state index in [1.165, 1.54) is 18.2 Å². The average Bonchev–Trinajstić information content (AvgIpc) is 2.03. The van der Waals surface area contributed by atoms with E-state index < -0.39 is 5.82 Å². The molecule has 0 unspecified atom stereocenters. The van der Waals surface area contributed by atoms with Crippen LogP contribution < -0.4 is 0 Å². The predicted octanol–water partition coefficient (Wildman–Crippen LogP) is 2.92. The van der Waals surface area contributed by atoms with Crippen LogP contribution >= 0.6 is 0 Å². The third kappa shape index (κ3) is 1.16. The fourth-order valence-electron chi connectivity index (χ4n) is 1.12. The summed E-state index contributed by atoms with van der Waals surface area (Å²) in [6, 6.07) is 9.53. The Bertz CT molecular complexity index is 384. The van der Waals surface area contributed by atoms with Crippen molar-refractivity contribution in [1.29, 1.82) is 0 Å². The number of fused-ring (bicyclic) bond motifs is 1. The second-order valence-electron chi connectivity index (χ2n) is 2.54. The summed E-state index contributed by atoms with van der Waals surface area (Å²) < 4.78 is 25.2. The molecule has 0 bridgehead atoms. The van der Waals surface area contributed by atoms with Gasteiger partial charge in [0, 0.05) is 6.07 Å². The zero-order valence-corrected chi connectivity index (χ0v) is 6.14. The van der Waals surface area contributed by atoms with Crippen LogP contribution in [0.4, 0.5) is 8.78 Å². The van der Waals surface area contributed by atoms with Gasteiger partial charge in [0.05, 0.1) is 0 Å². The molecular formula is C10H5F2. The Morgan fingerprint density at radius 3 is 2.58 bits per heavy atom. The number of benzene rings is 2. The van der Waals surface area contributed by atoms with Crippen molar-refractivity contribution in [2.45, 2.75) is 0 Å². The molecule has 2 heteroatoms. The minimum Gasteiger partial charge on any atom is -0.207 e. The lowest BCUT2D eigenvalue weighted by Crippen LogP contribution is -1.78. The van der Waals surface area contributed by atoms with E-state index in [9.17, 15) is 8.78 Å². The molecule has 0 heterocycles. The molecule has 59 valence electrons. The first kappa shape index (κ1) is 7.22. The Labute approximate surface area is 68.4 Å². The van der Waals surface area contributed by atoms with E-state index in [1.54, 1.807) is 12.1 Å². The van der Waals surface area contributed by atoms with Gasteiger partial charge in [0.15, 0.2) is 0 Å². The van der Waals surface area contributed by atoms with E-state index in [0.29, 0.717) is 5.39 Å². The van der Waals surface area contributed by atoms with Gasteiger partial charge in [-0.1, -0.05) is 12.1 Å². The molecule has 0 spiro atoms. The highest BCUT2D eigenvalue weighted by atomic mass is 19.1. The molecular weight excluding hydrogens is 158 g/mol. The Balaban J connectivity index is 2.80. The normalized spacial score (nSPS) is 10.5. The molecule has 0 saturated carbocycles. The fourth-order valence-corrected chi connectivity index (χ4v) is 1.12. The first-order valence-corrected chi connectivity index (χ1v) is 3.53. The summed E-state index contributed by atoms with van der Waals surface area (Å²) in [5, 5.41) is 1.26. The molecule has 0 nitrogen and oxygen atoms in total. The third-order valence-corrected chi connectivity index (χ3v) is 1.68. The van der Waals surface area contributed by atoms with E-state index in [2.05, 4.69) is 6.07 Å². The van der Waals surface area contributed by atoms with E-state index in [-0.39, 0.29) is 5.82 Å². The summed E-state index contributed by atoms with van der Waals surface area (Å²) in [5.41, 5.74) is 0. The summed E-state index contributed by atoms with van der Waals surface area (Å²) in [6.45, 7) is 0. The van der Waals surface area contributed by atoms with Crippen molar-refractivity contribution in [1.82, 2.24) is 0 Å². The lowest BCUT2D eigenvalue weighted by molar-refractivity contribution is 0.624. The average molecular weight is 163 g/mol. The van der Waals surface area contributed by atoms with Gasteiger partial charge in [-0.05, 0) is 29.0 Å². The fraction of sp³-hybridized carbons (Fsp3) is 0. The Morgan fingerprint density at radius 2 is 1.75 bits per heavy atom. The summed E-state index contributed by atoms with van der Waals surface area (Å²) >= 11 is 0. The van der Waals surface area contributed by atoms with Gasteiger partial charge in [-0.15, -0.1) is 0 Å². The molecule has 0 saturated heterocycles. The molecule has 0 aliphatic heterocycles. The van der Waals surface area contributed by atoms with Crippen LogP contribution in [0.2, 0.25) is 0 Å². The first-order chi connectivity index (χ1) is 5.75. The minimum atomic E-state index is -0.465. The third-order valence-electron chi connectivity index (χ3n) is 1.68. The highest BCUT2D eigenvalue weighted by Gasteiger charge is 1.97. The SMILES string of the molecule is Fc1[c]c2cc(F)ccc2cc1. The molecule has 12 heavy (non-hydrogen) atoms. The van der Waals surface area contributed by atoms with Gasteiger partial charge in [0.2, 0.25) is 0 Å². The Kier molecular flexibility index (Phi) is 1.54. The van der Waals surface area contributed by atoms with Crippen molar-refractivity contribution in [2.24, 2.45) is 0 Å². The molecule has 0 amide bonds. The first-order valence-electron chi connectivity index (χ1n) is 3.53. The van der Waals surface area contributed by atoms with Crippen molar-refractivity contribution >= 4 is 10.8 Å². The summed E-state index contributed by atoms with van der Waals surface area (Å²) in [7, 11) is 0. The van der Waals surface area contributed by atoms with E-state index in [0.717, 1.165) is 5.39 Å².